The van der Waals surface area contributed by atoms with Crippen molar-refractivity contribution in [3.8, 4) is 5.75 Å². The minimum Gasteiger partial charge on any atom is -0.497 e. The number of carbonyl (C=O) groups excluding carboxylic acids is 1. The number of methoxy groups -OCH3 is 1. The first-order chi connectivity index (χ1) is 11.2. The summed E-state index contributed by atoms with van der Waals surface area (Å²) < 4.78 is 16.9. The summed E-state index contributed by atoms with van der Waals surface area (Å²) in [7, 11) is 1.64. The van der Waals surface area contributed by atoms with E-state index < -0.39 is 0 Å². The predicted molar refractivity (Wildman–Crippen MR) is 86.6 cm³/mol. The Morgan fingerprint density at radius 1 is 1.39 bits per heavy atom. The van der Waals surface area contributed by atoms with Gasteiger partial charge in [-0.1, -0.05) is 12.1 Å². The average Bonchev–Trinajstić information content (AvgIpc) is 2.98. The maximum Gasteiger partial charge on any atom is 0.227 e. The number of rotatable bonds is 5. The van der Waals surface area contributed by atoms with E-state index in [1.807, 2.05) is 36.1 Å². The summed E-state index contributed by atoms with van der Waals surface area (Å²) in [6.45, 7) is 3.95. The number of amides is 1. The van der Waals surface area contributed by atoms with Gasteiger partial charge in [-0.25, -0.2) is 0 Å². The van der Waals surface area contributed by atoms with Gasteiger partial charge in [0.05, 0.1) is 32.3 Å². The maximum atomic E-state index is 12.8. The fraction of sp³-hybridized carbons (Fsp3) is 0.611. The SMILES string of the molecule is CCO[C@H]1CC[C@H]2[C@H]1OCCN2C(=O)Cc1cccc(OC)c1. The molecule has 0 bridgehead atoms. The lowest BCUT2D eigenvalue weighted by atomic mass is 10.1. The molecule has 5 heteroatoms. The van der Waals surface area contributed by atoms with Crippen LogP contribution in [0.25, 0.3) is 0 Å². The molecule has 1 saturated heterocycles. The molecule has 2 fully saturated rings. The minimum atomic E-state index is 0.0259. The Labute approximate surface area is 137 Å². The molecule has 0 spiro atoms. The molecule has 1 saturated carbocycles. The third kappa shape index (κ3) is 3.51. The topological polar surface area (TPSA) is 48.0 Å². The van der Waals surface area contributed by atoms with E-state index in [-0.39, 0.29) is 24.2 Å². The molecule has 1 aliphatic heterocycles. The average molecular weight is 319 g/mol. The number of fused-ring (bicyclic) bond motifs is 1. The fourth-order valence-corrected chi connectivity index (χ4v) is 3.68. The normalized spacial score (nSPS) is 26.9. The molecule has 1 amide bonds. The van der Waals surface area contributed by atoms with Crippen molar-refractivity contribution in [2.45, 2.75) is 44.4 Å². The second-order valence-electron chi connectivity index (χ2n) is 6.09. The number of benzene rings is 1. The number of nitrogens with zero attached hydrogens (tertiary/aromatic N) is 1. The van der Waals surface area contributed by atoms with Crippen molar-refractivity contribution in [3.63, 3.8) is 0 Å². The molecule has 23 heavy (non-hydrogen) atoms. The van der Waals surface area contributed by atoms with Crippen molar-refractivity contribution in [2.75, 3.05) is 26.9 Å². The molecule has 0 radical (unpaired) electrons. The van der Waals surface area contributed by atoms with Gasteiger partial charge in [-0.15, -0.1) is 0 Å². The molecular formula is C18H25NO4. The molecule has 0 unspecified atom stereocenters. The summed E-state index contributed by atoms with van der Waals surface area (Å²) in [6, 6.07) is 7.86. The van der Waals surface area contributed by atoms with Crippen LogP contribution in [0.4, 0.5) is 0 Å². The first-order valence-corrected chi connectivity index (χ1v) is 8.38. The van der Waals surface area contributed by atoms with Crippen molar-refractivity contribution in [3.05, 3.63) is 29.8 Å². The monoisotopic (exact) mass is 319 g/mol. The predicted octanol–water partition coefficient (Wildman–Crippen LogP) is 2.03. The van der Waals surface area contributed by atoms with E-state index in [2.05, 4.69) is 0 Å². The third-order valence-electron chi connectivity index (χ3n) is 4.73. The van der Waals surface area contributed by atoms with Crippen LogP contribution in [0.1, 0.15) is 25.3 Å². The molecule has 1 heterocycles. The highest BCUT2D eigenvalue weighted by Crippen LogP contribution is 2.32. The summed E-state index contributed by atoms with van der Waals surface area (Å²) in [5.74, 6) is 0.945. The van der Waals surface area contributed by atoms with E-state index in [1.165, 1.54) is 0 Å². The van der Waals surface area contributed by atoms with E-state index in [9.17, 15) is 4.79 Å². The minimum absolute atomic E-state index is 0.0259. The van der Waals surface area contributed by atoms with Crippen molar-refractivity contribution >= 4 is 5.91 Å². The van der Waals surface area contributed by atoms with E-state index in [1.54, 1.807) is 7.11 Å². The van der Waals surface area contributed by atoms with Crippen molar-refractivity contribution < 1.29 is 19.0 Å². The largest absolute Gasteiger partial charge is 0.497 e. The quantitative estimate of drug-likeness (QED) is 0.833. The number of hydrogen-bond donors (Lipinski definition) is 0. The summed E-state index contributed by atoms with van der Waals surface area (Å²) in [6.07, 6.45) is 2.47. The van der Waals surface area contributed by atoms with Gasteiger partial charge in [-0.2, -0.15) is 0 Å². The zero-order valence-corrected chi connectivity index (χ0v) is 13.9. The molecule has 0 N–H and O–H groups in total. The van der Waals surface area contributed by atoms with Gasteiger partial charge in [-0.05, 0) is 37.5 Å². The summed E-state index contributed by atoms with van der Waals surface area (Å²) >= 11 is 0. The van der Waals surface area contributed by atoms with Crippen molar-refractivity contribution in [2.24, 2.45) is 0 Å². The van der Waals surface area contributed by atoms with E-state index >= 15 is 0 Å². The maximum absolute atomic E-state index is 12.8. The Balaban J connectivity index is 1.67. The molecular weight excluding hydrogens is 294 g/mol. The highest BCUT2D eigenvalue weighted by molar-refractivity contribution is 5.79. The van der Waals surface area contributed by atoms with Crippen LogP contribution in [0.2, 0.25) is 0 Å². The zero-order valence-electron chi connectivity index (χ0n) is 13.9. The lowest BCUT2D eigenvalue weighted by Crippen LogP contribution is -2.54. The molecule has 3 atom stereocenters. The first kappa shape index (κ1) is 16.3. The zero-order chi connectivity index (χ0) is 16.2. The highest BCUT2D eigenvalue weighted by Gasteiger charge is 2.44. The third-order valence-corrected chi connectivity index (χ3v) is 4.73. The van der Waals surface area contributed by atoms with Crippen LogP contribution in [0.5, 0.6) is 5.75 Å². The van der Waals surface area contributed by atoms with Gasteiger partial charge >= 0.3 is 0 Å². The van der Waals surface area contributed by atoms with Crippen LogP contribution in [-0.4, -0.2) is 55.9 Å². The molecule has 126 valence electrons. The van der Waals surface area contributed by atoms with Gasteiger partial charge in [0.2, 0.25) is 5.91 Å². The van der Waals surface area contributed by atoms with Crippen LogP contribution in [0, 0.1) is 0 Å². The Hall–Kier alpha value is -1.59. The molecule has 1 aromatic rings. The highest BCUT2D eigenvalue weighted by atomic mass is 16.5. The Kier molecular flexibility index (Phi) is 5.18. The lowest BCUT2D eigenvalue weighted by Gasteiger charge is -2.39. The lowest BCUT2D eigenvalue weighted by molar-refractivity contribution is -0.150. The van der Waals surface area contributed by atoms with Crippen LogP contribution in [-0.2, 0) is 20.7 Å². The molecule has 5 nitrogen and oxygen atoms in total. The second-order valence-corrected chi connectivity index (χ2v) is 6.09. The van der Waals surface area contributed by atoms with Gasteiger partial charge in [-0.3, -0.25) is 4.79 Å². The van der Waals surface area contributed by atoms with E-state index in [0.717, 1.165) is 24.2 Å². The van der Waals surface area contributed by atoms with Crippen molar-refractivity contribution in [1.29, 1.82) is 0 Å². The number of morpholine rings is 1. The second kappa shape index (κ2) is 7.32. The standard InChI is InChI=1S/C18H25NO4/c1-3-22-16-8-7-15-18(16)23-10-9-19(15)17(20)12-13-5-4-6-14(11-13)21-2/h4-6,11,15-16,18H,3,7-10,12H2,1-2H3/t15-,16-,18+/m0/s1. The number of ether oxygens (including phenoxy) is 3. The summed E-state index contributed by atoms with van der Waals surface area (Å²) in [4.78, 5) is 14.8. The van der Waals surface area contributed by atoms with Crippen LogP contribution >= 0.6 is 0 Å². The first-order valence-electron chi connectivity index (χ1n) is 8.38. The molecule has 1 aliphatic carbocycles. The van der Waals surface area contributed by atoms with E-state index in [4.69, 9.17) is 14.2 Å². The van der Waals surface area contributed by atoms with Gasteiger partial charge in [0.15, 0.2) is 0 Å². The van der Waals surface area contributed by atoms with Gasteiger partial charge < -0.3 is 19.1 Å². The van der Waals surface area contributed by atoms with Gasteiger partial charge in [0.1, 0.15) is 11.9 Å². The number of carbonyl (C=O) groups is 1. The Morgan fingerprint density at radius 2 is 2.26 bits per heavy atom. The molecule has 2 aliphatic rings. The molecule has 0 aromatic heterocycles. The summed E-state index contributed by atoms with van der Waals surface area (Å²) in [5, 5.41) is 0. The van der Waals surface area contributed by atoms with Gasteiger partial charge in [0, 0.05) is 13.2 Å². The van der Waals surface area contributed by atoms with Gasteiger partial charge in [0.25, 0.3) is 0 Å². The van der Waals surface area contributed by atoms with Crippen LogP contribution in [0.15, 0.2) is 24.3 Å². The van der Waals surface area contributed by atoms with Crippen LogP contribution < -0.4 is 4.74 Å². The Morgan fingerprint density at radius 3 is 3.04 bits per heavy atom. The van der Waals surface area contributed by atoms with Crippen molar-refractivity contribution in [1.82, 2.24) is 4.90 Å². The summed E-state index contributed by atoms with van der Waals surface area (Å²) in [5.41, 5.74) is 0.983. The molecule has 1 aromatic carbocycles. The van der Waals surface area contributed by atoms with Crippen LogP contribution in [0.3, 0.4) is 0 Å². The fourth-order valence-electron chi connectivity index (χ4n) is 3.68. The molecule has 3 rings (SSSR count). The number of hydrogen-bond acceptors (Lipinski definition) is 4. The van der Waals surface area contributed by atoms with E-state index in [0.29, 0.717) is 26.2 Å². The smallest absolute Gasteiger partial charge is 0.227 e. The Bertz CT molecular complexity index is 548.